The minimum Gasteiger partial charge on any atom is -0.393 e. The molecule has 1 heteroatoms. The summed E-state index contributed by atoms with van der Waals surface area (Å²) in [5.41, 5.74) is 2.66. The Morgan fingerprint density at radius 2 is 1.33 bits per heavy atom. The molecule has 0 aliphatic heterocycles. The third-order valence-corrected chi connectivity index (χ3v) is 4.14. The van der Waals surface area contributed by atoms with E-state index >= 15 is 0 Å². The molecule has 0 bridgehead atoms. The van der Waals surface area contributed by atoms with Gasteiger partial charge < -0.3 is 5.11 Å². The number of aliphatic hydroxyl groups is 1. The summed E-state index contributed by atoms with van der Waals surface area (Å²) in [7, 11) is 0. The Hall–Kier alpha value is -1.60. The van der Waals surface area contributed by atoms with Gasteiger partial charge in [0.1, 0.15) is 0 Å². The van der Waals surface area contributed by atoms with Gasteiger partial charge in [-0.3, -0.25) is 0 Å². The number of rotatable bonds is 2. The van der Waals surface area contributed by atoms with Gasteiger partial charge in [0.15, 0.2) is 0 Å². The fourth-order valence-electron chi connectivity index (χ4n) is 3.22. The number of benzene rings is 2. The summed E-state index contributed by atoms with van der Waals surface area (Å²) >= 11 is 0. The van der Waals surface area contributed by atoms with E-state index in [1.807, 2.05) is 12.1 Å². The molecule has 0 amide bonds. The molecule has 18 heavy (non-hydrogen) atoms. The van der Waals surface area contributed by atoms with Crippen molar-refractivity contribution in [2.24, 2.45) is 0 Å². The van der Waals surface area contributed by atoms with Crippen molar-refractivity contribution < 1.29 is 5.11 Å². The minimum atomic E-state index is -0.176. The highest BCUT2D eigenvalue weighted by Gasteiger charge is 2.41. The van der Waals surface area contributed by atoms with Crippen molar-refractivity contribution in [1.29, 1.82) is 0 Å². The van der Waals surface area contributed by atoms with Gasteiger partial charge in [0.25, 0.3) is 0 Å². The maximum Gasteiger partial charge on any atom is 0.0552 e. The van der Waals surface area contributed by atoms with E-state index in [1.165, 1.54) is 11.1 Å². The minimum absolute atomic E-state index is 0.00192. The van der Waals surface area contributed by atoms with E-state index in [-0.39, 0.29) is 11.5 Å². The summed E-state index contributed by atoms with van der Waals surface area (Å²) in [5.74, 6) is 0. The summed E-state index contributed by atoms with van der Waals surface area (Å²) in [6.07, 6.45) is 2.58. The van der Waals surface area contributed by atoms with Gasteiger partial charge in [-0.2, -0.15) is 0 Å². The maximum absolute atomic E-state index is 9.99. The molecule has 0 aromatic heterocycles. The predicted molar refractivity (Wildman–Crippen MR) is 73.5 cm³/mol. The van der Waals surface area contributed by atoms with E-state index in [9.17, 15) is 5.11 Å². The van der Waals surface area contributed by atoms with E-state index in [1.54, 1.807) is 0 Å². The van der Waals surface area contributed by atoms with Gasteiger partial charge in [0, 0.05) is 5.41 Å². The summed E-state index contributed by atoms with van der Waals surface area (Å²) in [6, 6.07) is 21.2. The summed E-state index contributed by atoms with van der Waals surface area (Å²) in [5, 5.41) is 9.99. The first-order chi connectivity index (χ1) is 8.81. The average molecular weight is 238 g/mol. The second-order valence-corrected chi connectivity index (χ2v) is 5.21. The van der Waals surface area contributed by atoms with Gasteiger partial charge in [0.05, 0.1) is 6.10 Å². The largest absolute Gasteiger partial charge is 0.393 e. The van der Waals surface area contributed by atoms with E-state index in [2.05, 4.69) is 48.5 Å². The van der Waals surface area contributed by atoms with Crippen LogP contribution >= 0.6 is 0 Å². The lowest BCUT2D eigenvalue weighted by Gasteiger charge is -2.30. The highest BCUT2D eigenvalue weighted by molar-refractivity contribution is 5.40. The fourth-order valence-corrected chi connectivity index (χ4v) is 3.22. The Bertz CT molecular complexity index is 464. The van der Waals surface area contributed by atoms with Crippen LogP contribution in [0.1, 0.15) is 30.4 Å². The highest BCUT2D eigenvalue weighted by Crippen LogP contribution is 2.46. The third kappa shape index (κ3) is 1.85. The van der Waals surface area contributed by atoms with E-state index in [0.717, 1.165) is 19.3 Å². The van der Waals surface area contributed by atoms with Crippen molar-refractivity contribution in [2.75, 3.05) is 0 Å². The van der Waals surface area contributed by atoms with Crippen LogP contribution in [-0.2, 0) is 5.41 Å². The smallest absolute Gasteiger partial charge is 0.0552 e. The second kappa shape index (κ2) is 4.58. The zero-order valence-electron chi connectivity index (χ0n) is 10.4. The van der Waals surface area contributed by atoms with Crippen LogP contribution in [0.15, 0.2) is 60.7 Å². The Morgan fingerprint density at radius 1 is 0.833 bits per heavy atom. The first-order valence-corrected chi connectivity index (χ1v) is 6.60. The molecule has 2 aromatic rings. The highest BCUT2D eigenvalue weighted by atomic mass is 16.3. The Balaban J connectivity index is 2.11. The topological polar surface area (TPSA) is 20.2 Å². The Kier molecular flexibility index (Phi) is 2.92. The molecule has 1 atom stereocenters. The molecular weight excluding hydrogens is 220 g/mol. The third-order valence-electron chi connectivity index (χ3n) is 4.14. The van der Waals surface area contributed by atoms with Gasteiger partial charge in [-0.1, -0.05) is 60.7 Å². The normalized spacial score (nSPS) is 21.9. The number of hydrogen-bond acceptors (Lipinski definition) is 1. The molecule has 1 aliphatic carbocycles. The maximum atomic E-state index is 9.99. The van der Waals surface area contributed by atoms with Crippen LogP contribution < -0.4 is 0 Å². The van der Waals surface area contributed by atoms with Crippen LogP contribution in [0.25, 0.3) is 0 Å². The molecule has 2 aromatic carbocycles. The lowest BCUT2D eigenvalue weighted by Crippen LogP contribution is -2.25. The zero-order chi connectivity index (χ0) is 12.4. The zero-order valence-corrected chi connectivity index (χ0v) is 10.4. The van der Waals surface area contributed by atoms with Crippen LogP contribution in [-0.4, -0.2) is 11.2 Å². The molecule has 1 aliphatic rings. The molecule has 92 valence electrons. The summed E-state index contributed by atoms with van der Waals surface area (Å²) < 4.78 is 0. The van der Waals surface area contributed by atoms with Gasteiger partial charge in [-0.15, -0.1) is 0 Å². The quantitative estimate of drug-likeness (QED) is 0.848. The standard InChI is InChI=1S/C17H18O/c18-16-11-12-17(13-16,14-7-3-1-4-8-14)15-9-5-2-6-10-15/h1-10,16,18H,11-13H2. The molecule has 0 radical (unpaired) electrons. The number of hydrogen-bond donors (Lipinski definition) is 1. The van der Waals surface area contributed by atoms with Gasteiger partial charge in [-0.25, -0.2) is 0 Å². The lowest BCUT2D eigenvalue weighted by molar-refractivity contribution is 0.177. The molecule has 1 N–H and O–H groups in total. The molecule has 1 saturated carbocycles. The van der Waals surface area contributed by atoms with Crippen molar-refractivity contribution in [3.8, 4) is 0 Å². The van der Waals surface area contributed by atoms with Crippen molar-refractivity contribution >= 4 is 0 Å². The second-order valence-electron chi connectivity index (χ2n) is 5.21. The average Bonchev–Trinajstić information content (AvgIpc) is 2.84. The van der Waals surface area contributed by atoms with Crippen LogP contribution in [0.3, 0.4) is 0 Å². The molecular formula is C17H18O. The van der Waals surface area contributed by atoms with Crippen LogP contribution in [0.5, 0.6) is 0 Å². The molecule has 1 fully saturated rings. The molecule has 0 saturated heterocycles. The van der Waals surface area contributed by atoms with Gasteiger partial charge in [0.2, 0.25) is 0 Å². The first kappa shape index (κ1) is 11.5. The van der Waals surface area contributed by atoms with Crippen molar-refractivity contribution in [1.82, 2.24) is 0 Å². The van der Waals surface area contributed by atoms with Crippen molar-refractivity contribution in [2.45, 2.75) is 30.8 Å². The fraction of sp³-hybridized carbons (Fsp3) is 0.294. The Morgan fingerprint density at radius 3 is 1.72 bits per heavy atom. The molecule has 1 unspecified atom stereocenters. The summed E-state index contributed by atoms with van der Waals surface area (Å²) in [6.45, 7) is 0. The van der Waals surface area contributed by atoms with Crippen molar-refractivity contribution in [3.63, 3.8) is 0 Å². The molecule has 0 spiro atoms. The van der Waals surface area contributed by atoms with E-state index < -0.39 is 0 Å². The SMILES string of the molecule is OC1CCC(c2ccccc2)(c2ccccc2)C1. The molecule has 1 nitrogen and oxygen atoms in total. The van der Waals surface area contributed by atoms with Gasteiger partial charge in [-0.05, 0) is 30.4 Å². The first-order valence-electron chi connectivity index (χ1n) is 6.60. The Labute approximate surface area is 108 Å². The molecule has 3 rings (SSSR count). The van der Waals surface area contributed by atoms with Crippen LogP contribution in [0.2, 0.25) is 0 Å². The monoisotopic (exact) mass is 238 g/mol. The molecule has 0 heterocycles. The predicted octanol–water partition coefficient (Wildman–Crippen LogP) is 3.52. The van der Waals surface area contributed by atoms with Crippen LogP contribution in [0, 0.1) is 0 Å². The number of aliphatic hydroxyl groups excluding tert-OH is 1. The van der Waals surface area contributed by atoms with Gasteiger partial charge >= 0.3 is 0 Å². The summed E-state index contributed by atoms with van der Waals surface area (Å²) in [4.78, 5) is 0. The van der Waals surface area contributed by atoms with Crippen LogP contribution in [0.4, 0.5) is 0 Å². The van der Waals surface area contributed by atoms with E-state index in [4.69, 9.17) is 0 Å². The van der Waals surface area contributed by atoms with E-state index in [0.29, 0.717) is 0 Å². The lowest BCUT2D eigenvalue weighted by atomic mass is 9.73. The van der Waals surface area contributed by atoms with Crippen molar-refractivity contribution in [3.05, 3.63) is 71.8 Å².